The van der Waals surface area contributed by atoms with Crippen LogP contribution in [0.1, 0.15) is 32.7 Å². The summed E-state index contributed by atoms with van der Waals surface area (Å²) in [5, 5.41) is 4.14. The Morgan fingerprint density at radius 2 is 1.75 bits per heavy atom. The van der Waals surface area contributed by atoms with E-state index < -0.39 is 10.0 Å². The minimum absolute atomic E-state index is 0.257. The lowest BCUT2D eigenvalue weighted by atomic mass is 10.1. The Morgan fingerprint density at radius 1 is 1.12 bits per heavy atom. The molecule has 0 amide bonds. The quantitative estimate of drug-likeness (QED) is 0.770. The average Bonchev–Trinajstić information content (AvgIpc) is 3.05. The van der Waals surface area contributed by atoms with Crippen LogP contribution in [0.2, 0.25) is 0 Å². The summed E-state index contributed by atoms with van der Waals surface area (Å²) in [5.74, 6) is 0. The number of nitrogens with zero attached hydrogens (tertiary/aromatic N) is 3. The summed E-state index contributed by atoms with van der Waals surface area (Å²) < 4.78 is 29.1. The van der Waals surface area contributed by atoms with Crippen LogP contribution in [0.3, 0.4) is 0 Å². The summed E-state index contributed by atoms with van der Waals surface area (Å²) in [6.45, 7) is 4.61. The first-order chi connectivity index (χ1) is 11.4. The van der Waals surface area contributed by atoms with Gasteiger partial charge in [0.05, 0.1) is 17.5 Å². The van der Waals surface area contributed by atoms with Crippen molar-refractivity contribution in [1.29, 1.82) is 0 Å². The molecule has 1 saturated heterocycles. The number of sulfonamides is 1. The van der Waals surface area contributed by atoms with Gasteiger partial charge in [-0.25, -0.2) is 12.7 Å². The molecule has 0 saturated carbocycles. The second kappa shape index (κ2) is 6.98. The van der Waals surface area contributed by atoms with Crippen LogP contribution in [0.15, 0.2) is 41.1 Å². The Balaban J connectivity index is 1.68. The van der Waals surface area contributed by atoms with Gasteiger partial charge in [-0.2, -0.15) is 5.10 Å². The molecule has 0 spiro atoms. The minimum Gasteiger partial charge on any atom is -0.269 e. The molecule has 1 aliphatic heterocycles. The van der Waals surface area contributed by atoms with Crippen LogP contribution >= 0.6 is 15.9 Å². The highest BCUT2D eigenvalue weighted by Crippen LogP contribution is 2.27. The second-order valence-corrected chi connectivity index (χ2v) is 9.84. The fourth-order valence-electron chi connectivity index (χ4n) is 2.99. The van der Waals surface area contributed by atoms with Crippen molar-refractivity contribution in [2.45, 2.75) is 38.0 Å². The molecule has 1 aliphatic rings. The first kappa shape index (κ1) is 17.6. The molecule has 0 unspecified atom stereocenters. The van der Waals surface area contributed by atoms with Gasteiger partial charge in [-0.15, -0.1) is 0 Å². The molecule has 2 heterocycles. The van der Waals surface area contributed by atoms with Crippen molar-refractivity contribution in [3.8, 4) is 11.1 Å². The summed E-state index contributed by atoms with van der Waals surface area (Å²) in [4.78, 5) is 0. The average molecular weight is 412 g/mol. The van der Waals surface area contributed by atoms with Crippen LogP contribution in [-0.4, -0.2) is 40.8 Å². The number of halogens is 1. The maximum absolute atomic E-state index is 12.2. The summed E-state index contributed by atoms with van der Waals surface area (Å²) in [6, 6.07) is 8.41. The van der Waals surface area contributed by atoms with Gasteiger partial charge in [0.2, 0.25) is 10.0 Å². The van der Waals surface area contributed by atoms with Gasteiger partial charge in [-0.1, -0.05) is 28.1 Å². The predicted molar refractivity (Wildman–Crippen MR) is 99.3 cm³/mol. The van der Waals surface area contributed by atoms with E-state index in [0.717, 1.165) is 28.4 Å². The molecule has 1 fully saturated rings. The summed E-state index contributed by atoms with van der Waals surface area (Å²) in [7, 11) is -3.15. The second-order valence-electron chi connectivity index (χ2n) is 6.44. The Hall–Kier alpha value is -1.18. The molecule has 2 aromatic rings. The number of benzene rings is 1. The molecular formula is C17H22BrN3O2S. The molecular weight excluding hydrogens is 390 g/mol. The maximum atomic E-state index is 12.2. The Kier molecular flexibility index (Phi) is 5.13. The van der Waals surface area contributed by atoms with Crippen LogP contribution in [0.25, 0.3) is 11.1 Å². The smallest absolute Gasteiger partial charge is 0.216 e. The van der Waals surface area contributed by atoms with E-state index in [-0.39, 0.29) is 11.3 Å². The van der Waals surface area contributed by atoms with Crippen molar-refractivity contribution in [2.24, 2.45) is 0 Å². The van der Waals surface area contributed by atoms with Crippen molar-refractivity contribution < 1.29 is 8.42 Å². The topological polar surface area (TPSA) is 55.2 Å². The van der Waals surface area contributed by atoms with Crippen molar-refractivity contribution in [3.63, 3.8) is 0 Å². The fourth-order valence-corrected chi connectivity index (χ4v) is 4.57. The van der Waals surface area contributed by atoms with E-state index in [4.69, 9.17) is 0 Å². The molecule has 1 aromatic carbocycles. The molecule has 0 bridgehead atoms. The highest BCUT2D eigenvalue weighted by Gasteiger charge is 2.30. The number of rotatable bonds is 4. The summed E-state index contributed by atoms with van der Waals surface area (Å²) in [6.07, 6.45) is 5.53. The number of aromatic nitrogens is 2. The summed E-state index contributed by atoms with van der Waals surface area (Å²) in [5.41, 5.74) is 2.21. The molecule has 7 heteroatoms. The standard InChI is InChI=1S/C17H22BrN3O2S/c1-13(2)24(22,23)20-9-7-17(8-10-20)21-12-15(11-19-21)14-3-5-16(18)6-4-14/h3-6,11-13,17H,7-10H2,1-2H3. The SMILES string of the molecule is CC(C)S(=O)(=O)N1CCC(n2cc(-c3ccc(Br)cc3)cn2)CC1. The van der Waals surface area contributed by atoms with Crippen molar-refractivity contribution >= 4 is 26.0 Å². The third-order valence-electron chi connectivity index (χ3n) is 4.53. The molecule has 3 rings (SSSR count). The van der Waals surface area contributed by atoms with Crippen LogP contribution in [0.5, 0.6) is 0 Å². The zero-order valence-corrected chi connectivity index (χ0v) is 16.3. The molecule has 5 nitrogen and oxygen atoms in total. The lowest BCUT2D eigenvalue weighted by Crippen LogP contribution is -2.42. The van der Waals surface area contributed by atoms with E-state index in [1.807, 2.05) is 23.0 Å². The third kappa shape index (κ3) is 3.58. The van der Waals surface area contributed by atoms with Gasteiger partial charge in [0.25, 0.3) is 0 Å². The van der Waals surface area contributed by atoms with Crippen LogP contribution < -0.4 is 0 Å². The zero-order chi connectivity index (χ0) is 17.3. The van der Waals surface area contributed by atoms with Gasteiger partial charge in [-0.3, -0.25) is 4.68 Å². The van der Waals surface area contributed by atoms with Gasteiger partial charge >= 0.3 is 0 Å². The molecule has 0 aliphatic carbocycles. The molecule has 1 aromatic heterocycles. The van der Waals surface area contributed by atoms with Crippen molar-refractivity contribution in [2.75, 3.05) is 13.1 Å². The van der Waals surface area contributed by atoms with Crippen molar-refractivity contribution in [1.82, 2.24) is 14.1 Å². The number of piperidine rings is 1. The van der Waals surface area contributed by atoms with Gasteiger partial charge in [0, 0.05) is 29.3 Å². The normalized spacial score (nSPS) is 17.5. The summed E-state index contributed by atoms with van der Waals surface area (Å²) >= 11 is 3.44. The van der Waals surface area contributed by atoms with Crippen LogP contribution in [0, 0.1) is 0 Å². The van der Waals surface area contributed by atoms with Gasteiger partial charge < -0.3 is 0 Å². The van der Waals surface area contributed by atoms with Crippen LogP contribution in [0.4, 0.5) is 0 Å². The predicted octanol–water partition coefficient (Wildman–Crippen LogP) is 3.69. The van der Waals surface area contributed by atoms with E-state index in [1.54, 1.807) is 18.2 Å². The molecule has 0 atom stereocenters. The van der Waals surface area contributed by atoms with Gasteiger partial charge in [0.15, 0.2) is 0 Å². The van der Waals surface area contributed by atoms with E-state index in [1.165, 1.54) is 0 Å². The van der Waals surface area contributed by atoms with Crippen LogP contribution in [-0.2, 0) is 10.0 Å². The number of hydrogen-bond donors (Lipinski definition) is 0. The molecule has 130 valence electrons. The minimum atomic E-state index is -3.15. The third-order valence-corrected chi connectivity index (χ3v) is 7.34. The molecule has 24 heavy (non-hydrogen) atoms. The largest absolute Gasteiger partial charge is 0.269 e. The molecule has 0 N–H and O–H groups in total. The highest BCUT2D eigenvalue weighted by molar-refractivity contribution is 9.10. The molecule has 0 radical (unpaired) electrons. The Morgan fingerprint density at radius 3 is 2.33 bits per heavy atom. The van der Waals surface area contributed by atoms with Gasteiger partial charge in [0.1, 0.15) is 0 Å². The lowest BCUT2D eigenvalue weighted by Gasteiger charge is -2.32. The maximum Gasteiger partial charge on any atom is 0.216 e. The van der Waals surface area contributed by atoms with E-state index in [0.29, 0.717) is 13.1 Å². The van der Waals surface area contributed by atoms with Gasteiger partial charge in [-0.05, 0) is 44.4 Å². The Bertz CT molecular complexity index is 791. The van der Waals surface area contributed by atoms with E-state index >= 15 is 0 Å². The first-order valence-corrected chi connectivity index (χ1v) is 10.5. The first-order valence-electron chi connectivity index (χ1n) is 8.17. The highest BCUT2D eigenvalue weighted by atomic mass is 79.9. The monoisotopic (exact) mass is 411 g/mol. The fraction of sp³-hybridized carbons (Fsp3) is 0.471. The van der Waals surface area contributed by atoms with E-state index in [2.05, 4.69) is 39.4 Å². The van der Waals surface area contributed by atoms with Crippen molar-refractivity contribution in [3.05, 3.63) is 41.1 Å². The van der Waals surface area contributed by atoms with E-state index in [9.17, 15) is 8.42 Å². The number of hydrogen-bond acceptors (Lipinski definition) is 3. The zero-order valence-electron chi connectivity index (χ0n) is 13.9. The lowest BCUT2D eigenvalue weighted by molar-refractivity contribution is 0.260. The Labute approximate surface area is 151 Å².